The zero-order valence-corrected chi connectivity index (χ0v) is 17.4. The molecule has 0 spiro atoms. The Kier molecular flexibility index (Phi) is 7.85. The molecule has 1 aromatic rings. The summed E-state index contributed by atoms with van der Waals surface area (Å²) in [5.74, 6) is -1.58. The molecule has 30 heavy (non-hydrogen) atoms. The third-order valence-electron chi connectivity index (χ3n) is 5.41. The van der Waals surface area contributed by atoms with Crippen molar-refractivity contribution in [3.63, 3.8) is 0 Å². The fraction of sp³-hybridized carbons (Fsp3) is 0.667. The Morgan fingerprint density at radius 3 is 2.83 bits per heavy atom. The van der Waals surface area contributed by atoms with Crippen LogP contribution >= 0.6 is 0 Å². The summed E-state index contributed by atoms with van der Waals surface area (Å²) in [4.78, 5) is 15.3. The monoisotopic (exact) mass is 427 g/mol. The average Bonchev–Trinajstić information content (AvgIpc) is 2.90. The number of β-amino-alcohol motifs (C(OH)–C–C–N with tert-alkyl or cyclic N) is 1. The van der Waals surface area contributed by atoms with Gasteiger partial charge in [-0.1, -0.05) is 6.07 Å². The molecule has 3 rings (SSSR count). The Bertz CT molecular complexity index is 719. The predicted octanol–water partition coefficient (Wildman–Crippen LogP) is 1.49. The van der Waals surface area contributed by atoms with E-state index in [2.05, 4.69) is 10.2 Å². The van der Waals surface area contributed by atoms with Crippen molar-refractivity contribution < 1.29 is 28.2 Å². The van der Waals surface area contributed by atoms with Crippen molar-refractivity contribution in [1.82, 2.24) is 15.1 Å². The zero-order valence-electron chi connectivity index (χ0n) is 17.4. The number of alkyl halides is 2. The molecule has 7 nitrogen and oxygen atoms in total. The lowest BCUT2D eigenvalue weighted by Crippen LogP contribution is -2.46. The fourth-order valence-electron chi connectivity index (χ4n) is 3.90. The highest BCUT2D eigenvalue weighted by Crippen LogP contribution is 2.29. The standard InChI is InChI=1S/C21H31F2N3O4/c1-29-18-4-3-16(12-25-9-5-20(28)24-7-10-25)11-19(18)30-14-17(27)13-26-8-2-6-21(22,23)15-26/h3-4,11,17,27H,2,5-10,12-15H2,1H3,(H,24,28). The van der Waals surface area contributed by atoms with E-state index in [4.69, 9.17) is 9.47 Å². The number of nitrogens with zero attached hydrogens (tertiary/aromatic N) is 2. The van der Waals surface area contributed by atoms with Crippen molar-refractivity contribution >= 4 is 5.91 Å². The lowest BCUT2D eigenvalue weighted by Gasteiger charge is -2.33. The summed E-state index contributed by atoms with van der Waals surface area (Å²) in [5, 5.41) is 13.1. The van der Waals surface area contributed by atoms with Crippen molar-refractivity contribution in [2.75, 3.05) is 53.0 Å². The molecule has 2 aliphatic heterocycles. The molecule has 1 aromatic carbocycles. The highest BCUT2D eigenvalue weighted by atomic mass is 19.3. The number of hydrogen-bond donors (Lipinski definition) is 2. The number of carbonyl (C=O) groups is 1. The molecule has 0 aromatic heterocycles. The van der Waals surface area contributed by atoms with Gasteiger partial charge < -0.3 is 19.9 Å². The lowest BCUT2D eigenvalue weighted by atomic mass is 10.1. The van der Waals surface area contributed by atoms with Gasteiger partial charge in [0.05, 0.1) is 13.7 Å². The van der Waals surface area contributed by atoms with Crippen LogP contribution in [0.4, 0.5) is 8.78 Å². The van der Waals surface area contributed by atoms with Crippen LogP contribution in [0.25, 0.3) is 0 Å². The largest absolute Gasteiger partial charge is 0.493 e. The first-order chi connectivity index (χ1) is 14.3. The maximum absolute atomic E-state index is 13.5. The normalized spacial score (nSPS) is 21.5. The van der Waals surface area contributed by atoms with E-state index in [-0.39, 0.29) is 32.0 Å². The Morgan fingerprint density at radius 1 is 1.23 bits per heavy atom. The predicted molar refractivity (Wildman–Crippen MR) is 108 cm³/mol. The number of carbonyl (C=O) groups excluding carboxylic acids is 1. The third-order valence-corrected chi connectivity index (χ3v) is 5.41. The van der Waals surface area contributed by atoms with Crippen LogP contribution in [0, 0.1) is 0 Å². The molecule has 1 unspecified atom stereocenters. The van der Waals surface area contributed by atoms with Gasteiger partial charge in [-0.05, 0) is 30.7 Å². The van der Waals surface area contributed by atoms with Gasteiger partial charge in [0.25, 0.3) is 5.92 Å². The highest BCUT2D eigenvalue weighted by molar-refractivity contribution is 5.76. The minimum absolute atomic E-state index is 0.00990. The van der Waals surface area contributed by atoms with E-state index in [1.165, 1.54) is 0 Å². The van der Waals surface area contributed by atoms with Gasteiger partial charge in [-0.2, -0.15) is 0 Å². The number of halogens is 2. The van der Waals surface area contributed by atoms with Crippen LogP contribution in [0.5, 0.6) is 11.5 Å². The smallest absolute Gasteiger partial charge is 0.260 e. The van der Waals surface area contributed by atoms with Crippen LogP contribution in [-0.4, -0.2) is 85.8 Å². The molecule has 1 amide bonds. The summed E-state index contributed by atoms with van der Waals surface area (Å²) in [6, 6.07) is 5.61. The maximum atomic E-state index is 13.5. The summed E-state index contributed by atoms with van der Waals surface area (Å²) in [6.07, 6.45) is -0.0774. The number of aliphatic hydroxyl groups is 1. The van der Waals surface area contributed by atoms with Crippen LogP contribution in [-0.2, 0) is 11.3 Å². The number of nitrogens with one attached hydrogen (secondary N) is 1. The van der Waals surface area contributed by atoms with Crippen molar-refractivity contribution in [2.24, 2.45) is 0 Å². The van der Waals surface area contributed by atoms with Gasteiger partial charge in [0.2, 0.25) is 5.91 Å². The first-order valence-corrected chi connectivity index (χ1v) is 10.4. The molecule has 2 saturated heterocycles. The lowest BCUT2D eigenvalue weighted by molar-refractivity contribution is -0.120. The molecular formula is C21H31F2N3O4. The van der Waals surface area contributed by atoms with E-state index in [1.807, 2.05) is 18.2 Å². The average molecular weight is 427 g/mol. The Morgan fingerprint density at radius 2 is 2.07 bits per heavy atom. The number of piperidine rings is 1. The summed E-state index contributed by atoms with van der Waals surface area (Å²) >= 11 is 0. The van der Waals surface area contributed by atoms with Gasteiger partial charge in [0.15, 0.2) is 11.5 Å². The van der Waals surface area contributed by atoms with Crippen LogP contribution < -0.4 is 14.8 Å². The number of ether oxygens (including phenoxy) is 2. The molecule has 0 bridgehead atoms. The Labute approximate surface area is 175 Å². The van der Waals surface area contributed by atoms with Crippen LogP contribution in [0.2, 0.25) is 0 Å². The van der Waals surface area contributed by atoms with Gasteiger partial charge in [-0.3, -0.25) is 14.6 Å². The first-order valence-electron chi connectivity index (χ1n) is 10.4. The van der Waals surface area contributed by atoms with Crippen LogP contribution in [0.3, 0.4) is 0 Å². The van der Waals surface area contributed by atoms with Gasteiger partial charge in [-0.15, -0.1) is 0 Å². The number of rotatable bonds is 8. The van der Waals surface area contributed by atoms with Crippen LogP contribution in [0.1, 0.15) is 24.8 Å². The Hall–Kier alpha value is -1.97. The number of aliphatic hydroxyl groups excluding tert-OH is 1. The van der Waals surface area contributed by atoms with E-state index in [9.17, 15) is 18.7 Å². The molecule has 0 radical (unpaired) electrons. The van der Waals surface area contributed by atoms with Gasteiger partial charge >= 0.3 is 0 Å². The second-order valence-corrected chi connectivity index (χ2v) is 8.02. The number of amides is 1. The molecular weight excluding hydrogens is 396 g/mol. The highest BCUT2D eigenvalue weighted by Gasteiger charge is 2.35. The van der Waals surface area contributed by atoms with Gasteiger partial charge in [0, 0.05) is 45.6 Å². The topological polar surface area (TPSA) is 74.3 Å². The van der Waals surface area contributed by atoms with E-state index in [0.29, 0.717) is 50.5 Å². The molecule has 2 heterocycles. The summed E-state index contributed by atoms with van der Waals surface area (Å²) in [7, 11) is 1.54. The minimum atomic E-state index is -2.69. The van der Waals surface area contributed by atoms with Crippen molar-refractivity contribution in [3.05, 3.63) is 23.8 Å². The summed E-state index contributed by atoms with van der Waals surface area (Å²) in [5.41, 5.74) is 1.00. The minimum Gasteiger partial charge on any atom is -0.493 e. The first kappa shape index (κ1) is 22.7. The maximum Gasteiger partial charge on any atom is 0.260 e. The number of benzene rings is 1. The number of likely N-dealkylation sites (tertiary alicyclic amines) is 1. The van der Waals surface area contributed by atoms with E-state index in [1.54, 1.807) is 12.0 Å². The molecule has 0 saturated carbocycles. The van der Waals surface area contributed by atoms with Crippen molar-refractivity contribution in [1.29, 1.82) is 0 Å². The number of hydrogen-bond acceptors (Lipinski definition) is 6. The van der Waals surface area contributed by atoms with Gasteiger partial charge in [0.1, 0.15) is 12.7 Å². The van der Waals surface area contributed by atoms with E-state index >= 15 is 0 Å². The summed E-state index contributed by atoms with van der Waals surface area (Å²) in [6.45, 7) is 3.12. The van der Waals surface area contributed by atoms with E-state index < -0.39 is 12.0 Å². The molecule has 168 valence electrons. The van der Waals surface area contributed by atoms with Gasteiger partial charge in [-0.25, -0.2) is 8.78 Å². The quantitative estimate of drug-likeness (QED) is 0.655. The third kappa shape index (κ3) is 6.78. The molecule has 9 heteroatoms. The second-order valence-electron chi connectivity index (χ2n) is 8.02. The van der Waals surface area contributed by atoms with Crippen LogP contribution in [0.15, 0.2) is 18.2 Å². The molecule has 2 N–H and O–H groups in total. The molecule has 2 fully saturated rings. The Balaban J connectivity index is 1.55. The summed E-state index contributed by atoms with van der Waals surface area (Å²) < 4.78 is 38.2. The molecule has 1 atom stereocenters. The molecule has 0 aliphatic carbocycles. The van der Waals surface area contributed by atoms with Crippen molar-refractivity contribution in [3.8, 4) is 11.5 Å². The van der Waals surface area contributed by atoms with Crippen molar-refractivity contribution in [2.45, 2.75) is 37.8 Å². The molecule has 2 aliphatic rings. The SMILES string of the molecule is COc1ccc(CN2CCNC(=O)CC2)cc1OCC(O)CN1CCCC(F)(F)C1. The second kappa shape index (κ2) is 10.4. The van der Waals surface area contributed by atoms with E-state index in [0.717, 1.165) is 12.1 Å². The number of methoxy groups -OCH3 is 1. The zero-order chi connectivity index (χ0) is 21.6. The fourth-order valence-corrected chi connectivity index (χ4v) is 3.90.